The van der Waals surface area contributed by atoms with Crippen LogP contribution in [-0.2, 0) is 10.9 Å². The maximum Gasteiger partial charge on any atom is 0.452 e. The molecule has 0 spiro atoms. The molecule has 0 amide bonds. The van der Waals surface area contributed by atoms with Gasteiger partial charge >= 0.3 is 12.3 Å². The predicted octanol–water partition coefficient (Wildman–Crippen LogP) is 1.96. The van der Waals surface area contributed by atoms with Crippen LogP contribution in [0.3, 0.4) is 0 Å². The van der Waals surface area contributed by atoms with Gasteiger partial charge in [-0.15, -0.1) is 5.10 Å². The van der Waals surface area contributed by atoms with Crippen LogP contribution in [0.5, 0.6) is 0 Å². The third kappa shape index (κ3) is 2.35. The van der Waals surface area contributed by atoms with Crippen molar-refractivity contribution in [3.05, 3.63) is 10.6 Å². The van der Waals surface area contributed by atoms with Crippen LogP contribution in [0.1, 0.15) is 12.7 Å². The highest BCUT2D eigenvalue weighted by atomic mass is 32.1. The molecule has 0 aliphatic carbocycles. The fourth-order valence-corrected chi connectivity index (χ4v) is 1.05. The molecule has 0 saturated carbocycles. The van der Waals surface area contributed by atoms with Crippen LogP contribution in [0, 0.1) is 4.77 Å². The summed E-state index contributed by atoms with van der Waals surface area (Å²) in [6.45, 7) is 1.41. The number of H-pyrrole nitrogens is 1. The van der Waals surface area contributed by atoms with Crippen LogP contribution in [0.2, 0.25) is 0 Å². The molecule has 0 fully saturated rings. The van der Waals surface area contributed by atoms with E-state index in [1.807, 2.05) is 5.10 Å². The van der Waals surface area contributed by atoms with E-state index in [2.05, 4.69) is 22.1 Å². The number of aromatic nitrogens is 3. The summed E-state index contributed by atoms with van der Waals surface area (Å²) in [6.07, 6.45) is -5.97. The van der Waals surface area contributed by atoms with E-state index in [9.17, 15) is 18.0 Å². The molecule has 1 N–H and O–H groups in total. The van der Waals surface area contributed by atoms with Crippen LogP contribution < -0.4 is 0 Å². The number of rotatable bonds is 1. The van der Waals surface area contributed by atoms with Gasteiger partial charge in [0, 0.05) is 0 Å². The fraction of sp³-hybridized carbons (Fsp3) is 0.500. The Bertz CT molecular complexity index is 422. The minimum Gasteiger partial charge on any atom is -0.449 e. The number of hydrogen-bond donors (Lipinski definition) is 1. The van der Waals surface area contributed by atoms with Crippen molar-refractivity contribution in [2.45, 2.75) is 13.1 Å². The number of ether oxygens (including phenoxy) is 1. The molecule has 0 radical (unpaired) electrons. The van der Waals surface area contributed by atoms with Gasteiger partial charge in [-0.05, 0) is 19.1 Å². The summed E-state index contributed by atoms with van der Waals surface area (Å²) in [4.78, 5) is 11.1. The first-order valence-corrected chi connectivity index (χ1v) is 4.20. The van der Waals surface area contributed by atoms with E-state index in [-0.39, 0.29) is 11.2 Å². The smallest absolute Gasteiger partial charge is 0.449 e. The van der Waals surface area contributed by atoms with E-state index in [1.165, 1.54) is 6.92 Å². The number of nitrogens with one attached hydrogen (secondary N) is 1. The highest BCUT2D eigenvalue weighted by Crippen LogP contribution is 2.27. The summed E-state index contributed by atoms with van der Waals surface area (Å²) < 4.78 is 41.0. The number of aromatic amines is 1. The van der Waals surface area contributed by atoms with Crippen LogP contribution in [0.25, 0.3) is 0 Å². The number of nitrogens with zero attached hydrogens (tertiary/aromatic N) is 2. The van der Waals surface area contributed by atoms with Crippen molar-refractivity contribution in [1.29, 1.82) is 0 Å². The highest BCUT2D eigenvalue weighted by molar-refractivity contribution is 7.71. The molecule has 1 rings (SSSR count). The van der Waals surface area contributed by atoms with Crippen LogP contribution in [0.4, 0.5) is 18.0 Å². The molecule has 0 aliphatic heterocycles. The van der Waals surface area contributed by atoms with E-state index in [4.69, 9.17) is 0 Å². The zero-order valence-corrected chi connectivity index (χ0v) is 8.28. The van der Waals surface area contributed by atoms with Crippen LogP contribution in [0.15, 0.2) is 0 Å². The Balaban J connectivity index is 3.22. The highest BCUT2D eigenvalue weighted by Gasteiger charge is 2.39. The Hall–Kier alpha value is -1.38. The Kier molecular flexibility index (Phi) is 3.12. The summed E-state index contributed by atoms with van der Waals surface area (Å²) in [5, 5.41) is 4.79. The summed E-state index contributed by atoms with van der Waals surface area (Å²) in [5.41, 5.74) is 0. The van der Waals surface area contributed by atoms with E-state index >= 15 is 0 Å². The van der Waals surface area contributed by atoms with Crippen molar-refractivity contribution in [2.75, 3.05) is 6.61 Å². The number of carbonyl (C=O) groups excluding carboxylic acids is 1. The van der Waals surface area contributed by atoms with E-state index in [0.29, 0.717) is 0 Å². The third-order valence-corrected chi connectivity index (χ3v) is 1.65. The zero-order valence-electron chi connectivity index (χ0n) is 7.46. The molecular weight excluding hydrogens is 235 g/mol. The van der Waals surface area contributed by atoms with Crippen molar-refractivity contribution in [2.24, 2.45) is 0 Å². The molecule has 0 saturated heterocycles. The molecule has 0 bridgehead atoms. The standard InChI is InChI=1S/C6H6F3N3O2S/c1-2-14-5(13)12-3(6(7,8)9)10-11-4(12)15/h2H2,1H3,(H,11,15). The Morgan fingerprint density at radius 3 is 2.73 bits per heavy atom. The van der Waals surface area contributed by atoms with Crippen molar-refractivity contribution in [3.63, 3.8) is 0 Å². The molecule has 0 aliphatic rings. The minimum absolute atomic E-state index is 0.0525. The number of halogens is 3. The summed E-state index contributed by atoms with van der Waals surface area (Å²) in [7, 11) is 0. The average Bonchev–Trinajstić information content (AvgIpc) is 2.46. The maximum absolute atomic E-state index is 12.3. The van der Waals surface area contributed by atoms with Gasteiger partial charge in [0.25, 0.3) is 0 Å². The van der Waals surface area contributed by atoms with Gasteiger partial charge in [-0.2, -0.15) is 17.7 Å². The van der Waals surface area contributed by atoms with Crippen LogP contribution >= 0.6 is 12.2 Å². The molecule has 1 aromatic heterocycles. The predicted molar refractivity (Wildman–Crippen MR) is 44.8 cm³/mol. The van der Waals surface area contributed by atoms with Gasteiger partial charge in [0.05, 0.1) is 6.61 Å². The normalized spacial score (nSPS) is 11.5. The molecule has 1 heterocycles. The molecule has 0 atom stereocenters. The number of alkyl halides is 3. The second-order valence-electron chi connectivity index (χ2n) is 2.38. The van der Waals surface area contributed by atoms with Gasteiger partial charge in [-0.25, -0.2) is 4.79 Å². The number of hydrogen-bond acceptors (Lipinski definition) is 4. The fourth-order valence-electron chi connectivity index (χ4n) is 0.845. The first-order valence-electron chi connectivity index (χ1n) is 3.79. The van der Waals surface area contributed by atoms with Gasteiger partial charge in [0.15, 0.2) is 0 Å². The third-order valence-electron chi connectivity index (χ3n) is 1.38. The SMILES string of the molecule is CCOC(=O)n1c(C(F)(F)F)n[nH]c1=S. The minimum atomic E-state index is -4.76. The van der Waals surface area contributed by atoms with Gasteiger partial charge in [0.2, 0.25) is 10.6 Å². The van der Waals surface area contributed by atoms with Crippen molar-refractivity contribution in [3.8, 4) is 0 Å². The lowest BCUT2D eigenvalue weighted by atomic mass is 10.6. The maximum atomic E-state index is 12.3. The quantitative estimate of drug-likeness (QED) is 0.763. The molecule has 84 valence electrons. The van der Waals surface area contributed by atoms with Gasteiger partial charge in [-0.1, -0.05) is 0 Å². The van der Waals surface area contributed by atoms with Gasteiger partial charge in [0.1, 0.15) is 0 Å². The lowest BCUT2D eigenvalue weighted by molar-refractivity contribution is -0.146. The topological polar surface area (TPSA) is 59.9 Å². The second-order valence-corrected chi connectivity index (χ2v) is 2.77. The monoisotopic (exact) mass is 241 g/mol. The average molecular weight is 241 g/mol. The van der Waals surface area contributed by atoms with Crippen molar-refractivity contribution >= 4 is 18.3 Å². The molecule has 9 heteroatoms. The number of carbonyl (C=O) groups is 1. The molecule has 15 heavy (non-hydrogen) atoms. The zero-order chi connectivity index (χ0) is 11.6. The Morgan fingerprint density at radius 2 is 2.27 bits per heavy atom. The molecule has 5 nitrogen and oxygen atoms in total. The molecule has 0 unspecified atom stereocenters. The lowest BCUT2D eigenvalue weighted by Crippen LogP contribution is -2.22. The van der Waals surface area contributed by atoms with Crippen molar-refractivity contribution in [1.82, 2.24) is 14.8 Å². The summed E-state index contributed by atoms with van der Waals surface area (Å²) in [5.74, 6) is -1.43. The lowest BCUT2D eigenvalue weighted by Gasteiger charge is -2.07. The van der Waals surface area contributed by atoms with Crippen LogP contribution in [-0.4, -0.2) is 27.5 Å². The summed E-state index contributed by atoms with van der Waals surface area (Å²) >= 11 is 4.48. The van der Waals surface area contributed by atoms with E-state index in [0.717, 1.165) is 0 Å². The Labute approximate surface area is 86.8 Å². The van der Waals surface area contributed by atoms with E-state index < -0.39 is 22.9 Å². The second kappa shape index (κ2) is 4.01. The van der Waals surface area contributed by atoms with Gasteiger partial charge < -0.3 is 4.74 Å². The van der Waals surface area contributed by atoms with E-state index in [1.54, 1.807) is 0 Å². The molecule has 1 aromatic rings. The first-order chi connectivity index (χ1) is 6.88. The van der Waals surface area contributed by atoms with Gasteiger partial charge in [-0.3, -0.25) is 5.10 Å². The summed E-state index contributed by atoms with van der Waals surface area (Å²) in [6, 6.07) is 0. The molecular formula is C6H6F3N3O2S. The Morgan fingerprint density at radius 1 is 1.67 bits per heavy atom. The van der Waals surface area contributed by atoms with Crippen molar-refractivity contribution < 1.29 is 22.7 Å². The molecule has 0 aromatic carbocycles. The first kappa shape index (κ1) is 11.7. The largest absolute Gasteiger partial charge is 0.452 e.